The second kappa shape index (κ2) is 10.0. The predicted molar refractivity (Wildman–Crippen MR) is 148 cm³/mol. The summed E-state index contributed by atoms with van der Waals surface area (Å²) in [7, 11) is 0. The van der Waals surface area contributed by atoms with Crippen molar-refractivity contribution < 1.29 is 37.0 Å². The van der Waals surface area contributed by atoms with Crippen molar-refractivity contribution in [3.63, 3.8) is 0 Å². The molecule has 1 fully saturated rings. The Morgan fingerprint density at radius 3 is 2.49 bits per heavy atom. The van der Waals surface area contributed by atoms with Gasteiger partial charge in [0.05, 0.1) is 17.8 Å². The summed E-state index contributed by atoms with van der Waals surface area (Å²) >= 11 is 0. The van der Waals surface area contributed by atoms with Crippen molar-refractivity contribution in [1.29, 1.82) is 0 Å². The van der Waals surface area contributed by atoms with Crippen LogP contribution in [0.3, 0.4) is 0 Å². The van der Waals surface area contributed by atoms with Crippen molar-refractivity contribution in [1.82, 2.24) is 15.3 Å². The monoisotopic (exact) mass is 594 g/mol. The second-order valence-electron chi connectivity index (χ2n) is 11.2. The quantitative estimate of drug-likeness (QED) is 0.268. The van der Waals surface area contributed by atoms with Gasteiger partial charge in [-0.1, -0.05) is 0 Å². The number of rotatable bonds is 7. The van der Waals surface area contributed by atoms with Gasteiger partial charge in [0.15, 0.2) is 0 Å². The Morgan fingerprint density at radius 2 is 1.84 bits per heavy atom. The summed E-state index contributed by atoms with van der Waals surface area (Å²) in [5.74, 6) is -1.92. The van der Waals surface area contributed by atoms with Crippen molar-refractivity contribution >= 4 is 22.7 Å². The molecule has 1 saturated carbocycles. The van der Waals surface area contributed by atoms with Gasteiger partial charge in [-0.05, 0) is 85.8 Å². The molecule has 222 valence electrons. The average Bonchev–Trinajstić information content (AvgIpc) is 3.77. The molecule has 1 aliphatic heterocycles. The number of ether oxygens (including phenoxy) is 1. The smallest absolute Gasteiger partial charge is 0.424 e. The molecule has 2 aliphatic rings. The van der Waals surface area contributed by atoms with E-state index >= 15 is 0 Å². The minimum absolute atomic E-state index is 0.0134. The maximum Gasteiger partial charge on any atom is 0.424 e. The molecule has 4 N–H and O–H groups in total. The number of fused-ring (bicyclic) bond motifs is 2. The second-order valence-corrected chi connectivity index (χ2v) is 11.2. The number of carbonyl (C=O) groups excluding carboxylic acids is 2. The molecule has 1 unspecified atom stereocenters. The number of pyridine rings is 2. The molecule has 8 nitrogen and oxygen atoms in total. The van der Waals surface area contributed by atoms with Gasteiger partial charge in [0, 0.05) is 28.3 Å². The van der Waals surface area contributed by atoms with Crippen LogP contribution in [-0.2, 0) is 15.8 Å². The number of alkyl halides is 3. The number of halogens is 4. The van der Waals surface area contributed by atoms with E-state index in [1.807, 2.05) is 6.07 Å². The first-order chi connectivity index (χ1) is 20.3. The number of aromatic nitrogens is 2. The fraction of sp³-hybridized carbons (Fsp3) is 0.290. The predicted octanol–water partition coefficient (Wildman–Crippen LogP) is 4.63. The topological polar surface area (TPSA) is 127 Å². The van der Waals surface area contributed by atoms with E-state index in [2.05, 4.69) is 15.3 Å². The van der Waals surface area contributed by atoms with Gasteiger partial charge < -0.3 is 20.9 Å². The minimum atomic E-state index is -5.32. The molecule has 12 heteroatoms. The van der Waals surface area contributed by atoms with Crippen LogP contribution in [-0.4, -0.2) is 46.2 Å². The van der Waals surface area contributed by atoms with E-state index in [4.69, 9.17) is 10.5 Å². The lowest BCUT2D eigenvalue weighted by atomic mass is 9.81. The van der Waals surface area contributed by atoms with Crippen LogP contribution in [0.15, 0.2) is 60.8 Å². The Labute approximate surface area is 242 Å². The van der Waals surface area contributed by atoms with E-state index in [0.29, 0.717) is 16.8 Å². The maximum absolute atomic E-state index is 14.6. The van der Waals surface area contributed by atoms with E-state index in [9.17, 15) is 32.3 Å². The molecule has 0 bridgehead atoms. The SMILES string of the molecule is C[C@]1(C(N)=O)COc2c1cc(C(O)(CNC(=O)c1ccc3ncc(C4CC4)cc3c1)C(F)(F)F)nc2-c1ccc(F)cc1. The molecule has 2 amide bonds. The summed E-state index contributed by atoms with van der Waals surface area (Å²) in [5.41, 5.74) is 1.21. The molecular formula is C31H26F4N4O4. The number of nitrogens with two attached hydrogens (primary N) is 1. The number of hydrogen-bond donors (Lipinski definition) is 3. The Hall–Kier alpha value is -4.58. The molecule has 0 spiro atoms. The van der Waals surface area contributed by atoms with Crippen molar-refractivity contribution in [2.45, 2.75) is 42.9 Å². The zero-order valence-electron chi connectivity index (χ0n) is 22.8. The Bertz CT molecular complexity index is 1770. The molecular weight excluding hydrogens is 568 g/mol. The molecule has 2 atom stereocenters. The Balaban J connectivity index is 1.38. The number of amides is 2. The van der Waals surface area contributed by atoms with Crippen molar-refractivity contribution in [3.8, 4) is 17.0 Å². The first-order valence-corrected chi connectivity index (χ1v) is 13.5. The molecule has 3 heterocycles. The molecule has 0 saturated heterocycles. The summed E-state index contributed by atoms with van der Waals surface area (Å²) < 4.78 is 63.2. The third kappa shape index (κ3) is 4.95. The average molecular weight is 595 g/mol. The van der Waals surface area contributed by atoms with E-state index in [-0.39, 0.29) is 34.7 Å². The van der Waals surface area contributed by atoms with Gasteiger partial charge in [0.2, 0.25) is 11.5 Å². The highest BCUT2D eigenvalue weighted by Gasteiger charge is 2.57. The standard InChI is InChI=1S/C31H26F4N4O4/c1-29(28(36)41)15-43-26-22(29)12-24(39-25(26)17-4-7-21(32)8-5-17)30(42,31(33,34)35)14-38-27(40)18-6-9-23-19(10-18)11-20(13-37-23)16-2-3-16/h4-13,16,42H,2-3,14-15H2,1H3,(H2,36,41)(H,38,40)/t29-,30?/m0/s1. The highest BCUT2D eigenvalue weighted by Crippen LogP contribution is 2.47. The van der Waals surface area contributed by atoms with Crippen molar-refractivity contribution in [3.05, 3.63) is 89.0 Å². The van der Waals surface area contributed by atoms with Gasteiger partial charge in [-0.25, -0.2) is 9.37 Å². The summed E-state index contributed by atoms with van der Waals surface area (Å²) in [6.45, 7) is -0.176. The van der Waals surface area contributed by atoms with Gasteiger partial charge in [0.25, 0.3) is 5.91 Å². The number of primary amides is 1. The number of nitrogens with zero attached hydrogens (tertiary/aromatic N) is 2. The fourth-order valence-corrected chi connectivity index (χ4v) is 5.18. The number of benzene rings is 2. The lowest BCUT2D eigenvalue weighted by molar-refractivity contribution is -0.265. The van der Waals surface area contributed by atoms with Gasteiger partial charge in [-0.2, -0.15) is 13.2 Å². The van der Waals surface area contributed by atoms with Crippen LogP contribution in [0.2, 0.25) is 0 Å². The summed E-state index contributed by atoms with van der Waals surface area (Å²) in [5, 5.41) is 14.1. The molecule has 4 aromatic rings. The van der Waals surface area contributed by atoms with Crippen LogP contribution in [0.1, 0.15) is 52.9 Å². The Kier molecular flexibility index (Phi) is 6.64. The normalized spacial score (nSPS) is 19.4. The van der Waals surface area contributed by atoms with Crippen LogP contribution in [0.25, 0.3) is 22.2 Å². The summed E-state index contributed by atoms with van der Waals surface area (Å²) in [4.78, 5) is 34.0. The lowest BCUT2D eigenvalue weighted by Gasteiger charge is -2.31. The van der Waals surface area contributed by atoms with Crippen LogP contribution in [0.5, 0.6) is 5.75 Å². The lowest BCUT2D eigenvalue weighted by Crippen LogP contribution is -2.51. The third-order valence-electron chi connectivity index (χ3n) is 8.14. The van der Waals surface area contributed by atoms with Gasteiger partial charge in [-0.3, -0.25) is 14.6 Å². The van der Waals surface area contributed by atoms with Crippen LogP contribution in [0, 0.1) is 5.82 Å². The highest BCUT2D eigenvalue weighted by molar-refractivity contribution is 5.98. The molecule has 2 aromatic heterocycles. The molecule has 0 radical (unpaired) electrons. The van der Waals surface area contributed by atoms with Gasteiger partial charge in [0.1, 0.15) is 29.3 Å². The molecule has 1 aliphatic carbocycles. The van der Waals surface area contributed by atoms with E-state index < -0.39 is 47.1 Å². The highest BCUT2D eigenvalue weighted by atomic mass is 19.4. The molecule has 6 rings (SSSR count). The van der Waals surface area contributed by atoms with Crippen molar-refractivity contribution in [2.24, 2.45) is 5.73 Å². The first-order valence-electron chi connectivity index (χ1n) is 13.5. The zero-order chi connectivity index (χ0) is 30.7. The van der Waals surface area contributed by atoms with Gasteiger partial charge in [-0.15, -0.1) is 0 Å². The summed E-state index contributed by atoms with van der Waals surface area (Å²) in [6.07, 6.45) is -1.45. The minimum Gasteiger partial charge on any atom is -0.489 e. The van der Waals surface area contributed by atoms with Crippen LogP contribution in [0.4, 0.5) is 17.6 Å². The first kappa shape index (κ1) is 28.5. The van der Waals surface area contributed by atoms with Crippen LogP contribution >= 0.6 is 0 Å². The van der Waals surface area contributed by atoms with E-state index in [1.165, 1.54) is 31.2 Å². The molecule has 2 aromatic carbocycles. The molecule has 43 heavy (non-hydrogen) atoms. The number of nitrogens with one attached hydrogen (secondary N) is 1. The largest absolute Gasteiger partial charge is 0.489 e. The fourth-order valence-electron chi connectivity index (χ4n) is 5.18. The van der Waals surface area contributed by atoms with Crippen LogP contribution < -0.4 is 15.8 Å². The summed E-state index contributed by atoms with van der Waals surface area (Å²) in [6, 6.07) is 12.1. The van der Waals surface area contributed by atoms with E-state index in [1.54, 1.807) is 12.3 Å². The maximum atomic E-state index is 14.6. The number of carbonyl (C=O) groups is 2. The number of aliphatic hydroxyl groups is 1. The van der Waals surface area contributed by atoms with Crippen molar-refractivity contribution in [2.75, 3.05) is 13.2 Å². The Morgan fingerprint density at radius 1 is 1.12 bits per heavy atom. The third-order valence-corrected chi connectivity index (χ3v) is 8.14. The number of hydrogen-bond acceptors (Lipinski definition) is 6. The van der Waals surface area contributed by atoms with E-state index in [0.717, 1.165) is 36.6 Å². The zero-order valence-corrected chi connectivity index (χ0v) is 22.8. The van der Waals surface area contributed by atoms with Gasteiger partial charge >= 0.3 is 6.18 Å².